The number of hydrogen-bond donors (Lipinski definition) is 0. The van der Waals surface area contributed by atoms with Gasteiger partial charge in [-0.1, -0.05) is 23.2 Å². The van der Waals surface area contributed by atoms with Crippen molar-refractivity contribution in [1.82, 2.24) is 9.97 Å². The number of carbonyl (C=O) groups is 1. The van der Waals surface area contributed by atoms with Gasteiger partial charge < -0.3 is 14.2 Å². The Hall–Kier alpha value is -1.89. The Balaban J connectivity index is 1.79. The molecule has 0 bridgehead atoms. The number of pyridine rings is 2. The van der Waals surface area contributed by atoms with E-state index in [2.05, 4.69) is 9.97 Å². The van der Waals surface area contributed by atoms with E-state index in [1.165, 1.54) is 19.5 Å². The quantitative estimate of drug-likeness (QED) is 0.713. The number of aromatic nitrogens is 2. The van der Waals surface area contributed by atoms with Crippen LogP contribution in [-0.4, -0.2) is 42.2 Å². The first-order valence-corrected chi connectivity index (χ1v) is 8.44. The van der Waals surface area contributed by atoms with E-state index in [0.29, 0.717) is 40.5 Å². The molecule has 0 spiro atoms. The molecule has 0 N–H and O–H groups in total. The summed E-state index contributed by atoms with van der Waals surface area (Å²) in [6, 6.07) is 3.12. The van der Waals surface area contributed by atoms with Crippen molar-refractivity contribution in [1.29, 1.82) is 0 Å². The minimum atomic E-state index is -0.230. The third-order valence-corrected chi connectivity index (χ3v) is 4.26. The SMILES string of the molecule is COc1cnc(C(=O)Cc2ncc(Cl)cc2Cl)cc1OC1CCOC1. The Morgan fingerprint density at radius 3 is 2.80 bits per heavy atom. The summed E-state index contributed by atoms with van der Waals surface area (Å²) in [5.74, 6) is 0.699. The molecule has 1 atom stereocenters. The second-order valence-electron chi connectivity index (χ2n) is 5.51. The van der Waals surface area contributed by atoms with Gasteiger partial charge >= 0.3 is 0 Å². The highest BCUT2D eigenvalue weighted by atomic mass is 35.5. The van der Waals surface area contributed by atoms with Crippen LogP contribution in [0.15, 0.2) is 24.5 Å². The van der Waals surface area contributed by atoms with Crippen LogP contribution in [0.25, 0.3) is 0 Å². The van der Waals surface area contributed by atoms with Crippen LogP contribution in [0.2, 0.25) is 10.0 Å². The van der Waals surface area contributed by atoms with Crippen molar-refractivity contribution in [2.24, 2.45) is 0 Å². The lowest BCUT2D eigenvalue weighted by Crippen LogP contribution is -2.17. The summed E-state index contributed by atoms with van der Waals surface area (Å²) in [5.41, 5.74) is 0.697. The third-order valence-electron chi connectivity index (χ3n) is 3.73. The molecule has 1 aliphatic rings. The minimum Gasteiger partial charge on any atom is -0.491 e. The van der Waals surface area contributed by atoms with Crippen LogP contribution in [0.4, 0.5) is 0 Å². The predicted octanol–water partition coefficient (Wildman–Crippen LogP) is 3.39. The van der Waals surface area contributed by atoms with Crippen LogP contribution in [0.1, 0.15) is 22.6 Å². The van der Waals surface area contributed by atoms with E-state index in [-0.39, 0.29) is 24.0 Å². The number of Topliss-reactive ketones (excluding diaryl/α,β-unsaturated/α-hetero) is 1. The predicted molar refractivity (Wildman–Crippen MR) is 92.9 cm³/mol. The minimum absolute atomic E-state index is 0.0152. The molecule has 3 rings (SSSR count). The lowest BCUT2D eigenvalue weighted by atomic mass is 10.1. The first-order valence-electron chi connectivity index (χ1n) is 7.68. The molecule has 6 nitrogen and oxygen atoms in total. The molecule has 132 valence electrons. The second-order valence-corrected chi connectivity index (χ2v) is 6.35. The van der Waals surface area contributed by atoms with Gasteiger partial charge in [0.05, 0.1) is 48.7 Å². The van der Waals surface area contributed by atoms with Crippen LogP contribution >= 0.6 is 23.2 Å². The number of hydrogen-bond acceptors (Lipinski definition) is 6. The molecule has 25 heavy (non-hydrogen) atoms. The Bertz CT molecular complexity index is 779. The number of carbonyl (C=O) groups excluding carboxylic acids is 1. The first-order chi connectivity index (χ1) is 12.1. The van der Waals surface area contributed by atoms with Gasteiger partial charge in [-0.2, -0.15) is 0 Å². The number of ether oxygens (including phenoxy) is 3. The molecular weight excluding hydrogens is 367 g/mol. The van der Waals surface area contributed by atoms with Crippen molar-refractivity contribution >= 4 is 29.0 Å². The molecule has 0 saturated carbocycles. The average molecular weight is 383 g/mol. The van der Waals surface area contributed by atoms with Gasteiger partial charge in [-0.05, 0) is 6.07 Å². The van der Waals surface area contributed by atoms with E-state index in [1.807, 2.05) is 0 Å². The molecular formula is C17H16Cl2N2O4. The zero-order chi connectivity index (χ0) is 17.8. The van der Waals surface area contributed by atoms with E-state index in [4.69, 9.17) is 37.4 Å². The van der Waals surface area contributed by atoms with Crippen molar-refractivity contribution in [3.8, 4) is 11.5 Å². The second kappa shape index (κ2) is 7.99. The maximum absolute atomic E-state index is 12.5. The molecule has 2 aromatic rings. The molecule has 1 fully saturated rings. The number of halogens is 2. The van der Waals surface area contributed by atoms with Gasteiger partial charge in [0.2, 0.25) is 0 Å². The number of ketones is 1. The summed E-state index contributed by atoms with van der Waals surface area (Å²) in [5, 5.41) is 0.757. The fourth-order valence-electron chi connectivity index (χ4n) is 2.42. The van der Waals surface area contributed by atoms with E-state index in [9.17, 15) is 4.79 Å². The summed E-state index contributed by atoms with van der Waals surface area (Å²) in [4.78, 5) is 20.8. The van der Waals surface area contributed by atoms with Gasteiger partial charge in [-0.3, -0.25) is 9.78 Å². The Labute approximate surface area is 155 Å². The van der Waals surface area contributed by atoms with E-state index >= 15 is 0 Å². The number of methoxy groups -OCH3 is 1. The van der Waals surface area contributed by atoms with Crippen LogP contribution in [0.5, 0.6) is 11.5 Å². The van der Waals surface area contributed by atoms with E-state index in [0.717, 1.165) is 6.42 Å². The topological polar surface area (TPSA) is 70.5 Å². The van der Waals surface area contributed by atoms with Crippen LogP contribution in [-0.2, 0) is 11.2 Å². The summed E-state index contributed by atoms with van der Waals surface area (Å²) in [7, 11) is 1.52. The average Bonchev–Trinajstić information content (AvgIpc) is 3.10. The highest BCUT2D eigenvalue weighted by molar-refractivity contribution is 6.34. The van der Waals surface area contributed by atoms with Gasteiger partial charge in [0, 0.05) is 18.7 Å². The zero-order valence-electron chi connectivity index (χ0n) is 13.5. The van der Waals surface area contributed by atoms with Gasteiger partial charge in [0.25, 0.3) is 0 Å². The third kappa shape index (κ3) is 4.39. The normalized spacial score (nSPS) is 16.7. The molecule has 1 unspecified atom stereocenters. The van der Waals surface area contributed by atoms with Gasteiger partial charge in [-0.25, -0.2) is 4.98 Å². The summed E-state index contributed by atoms with van der Waals surface area (Å²) in [6.45, 7) is 1.17. The zero-order valence-corrected chi connectivity index (χ0v) is 15.0. The van der Waals surface area contributed by atoms with Gasteiger partial charge in [-0.15, -0.1) is 0 Å². The molecule has 1 saturated heterocycles. The van der Waals surface area contributed by atoms with Crippen molar-refractivity contribution < 1.29 is 19.0 Å². The molecule has 3 heterocycles. The standard InChI is InChI=1S/C17H16Cl2N2O4/c1-23-17-8-21-14(6-16(17)25-11-2-3-24-9-11)15(22)5-13-12(19)4-10(18)7-20-13/h4,6-8,11H,2-3,5,9H2,1H3. The molecule has 1 aliphatic heterocycles. The molecule has 0 radical (unpaired) electrons. The summed E-state index contributed by atoms with van der Waals surface area (Å²) < 4.78 is 16.4. The van der Waals surface area contributed by atoms with Crippen molar-refractivity contribution in [3.05, 3.63) is 46.0 Å². The Morgan fingerprint density at radius 2 is 2.12 bits per heavy atom. The van der Waals surface area contributed by atoms with Crippen LogP contribution in [0.3, 0.4) is 0 Å². The molecule has 0 amide bonds. The van der Waals surface area contributed by atoms with Crippen LogP contribution in [0, 0.1) is 0 Å². The van der Waals surface area contributed by atoms with Crippen molar-refractivity contribution in [3.63, 3.8) is 0 Å². The lowest BCUT2D eigenvalue weighted by molar-refractivity contribution is 0.0985. The maximum Gasteiger partial charge on any atom is 0.187 e. The molecule has 2 aromatic heterocycles. The smallest absolute Gasteiger partial charge is 0.187 e. The summed E-state index contributed by atoms with van der Waals surface area (Å²) in [6.07, 6.45) is 3.66. The van der Waals surface area contributed by atoms with Gasteiger partial charge in [0.1, 0.15) is 11.8 Å². The number of rotatable bonds is 6. The largest absolute Gasteiger partial charge is 0.491 e. The Morgan fingerprint density at radius 1 is 1.28 bits per heavy atom. The van der Waals surface area contributed by atoms with Crippen LogP contribution < -0.4 is 9.47 Å². The molecule has 0 aromatic carbocycles. The Kier molecular flexibility index (Phi) is 5.73. The van der Waals surface area contributed by atoms with E-state index in [1.54, 1.807) is 12.1 Å². The monoisotopic (exact) mass is 382 g/mol. The maximum atomic E-state index is 12.5. The number of nitrogens with zero attached hydrogens (tertiary/aromatic N) is 2. The van der Waals surface area contributed by atoms with Crippen molar-refractivity contribution in [2.75, 3.05) is 20.3 Å². The highest BCUT2D eigenvalue weighted by Crippen LogP contribution is 2.29. The fraction of sp³-hybridized carbons (Fsp3) is 0.353. The first kappa shape index (κ1) is 17.9. The highest BCUT2D eigenvalue weighted by Gasteiger charge is 2.21. The fourth-order valence-corrected chi connectivity index (χ4v) is 2.87. The van der Waals surface area contributed by atoms with Gasteiger partial charge in [0.15, 0.2) is 17.3 Å². The lowest BCUT2D eigenvalue weighted by Gasteiger charge is -2.15. The van der Waals surface area contributed by atoms with Crippen molar-refractivity contribution in [2.45, 2.75) is 18.9 Å². The van der Waals surface area contributed by atoms with E-state index < -0.39 is 0 Å². The molecule has 8 heteroatoms. The summed E-state index contributed by atoms with van der Waals surface area (Å²) >= 11 is 11.9. The molecule has 0 aliphatic carbocycles.